The number of hydrogen-bond donors (Lipinski definition) is 3. The normalized spacial score (nSPS) is 21.0. The van der Waals surface area contributed by atoms with E-state index in [1.807, 2.05) is 0 Å². The number of thioether (sulfide) groups is 1. The molecular weight excluding hydrogens is 392 g/mol. The second-order valence-electron chi connectivity index (χ2n) is 6.05. The van der Waals surface area contributed by atoms with Crippen molar-refractivity contribution in [2.75, 3.05) is 17.7 Å². The Morgan fingerprint density at radius 1 is 1.50 bits per heavy atom. The molecule has 3 amide bonds. The molecule has 13 heteroatoms. The summed E-state index contributed by atoms with van der Waals surface area (Å²) >= 11 is 1.37. The highest BCUT2D eigenvalue weighted by Gasteiger charge is 2.50. The molecule has 0 spiro atoms. The van der Waals surface area contributed by atoms with E-state index in [9.17, 15) is 24.3 Å². The van der Waals surface area contributed by atoms with Gasteiger partial charge in [0.1, 0.15) is 24.6 Å². The van der Waals surface area contributed by atoms with Crippen LogP contribution in [0.4, 0.5) is 10.6 Å². The van der Waals surface area contributed by atoms with Crippen molar-refractivity contribution >= 4 is 42.0 Å². The maximum atomic E-state index is 12.0. The standard InChI is InChI=1S/C15H18N6O6S/c16-10-12(23)21-11(14(24)25)8(6-28-13(10)21)5-19-2-1-9(18-15(17)26)20(19)3-4-27-7-22/h1-2,7,10,13H,3-6,16H2,(H3,17,24,25,26)/t10-,13-/m1/s1. The van der Waals surface area contributed by atoms with Gasteiger partial charge in [0.25, 0.3) is 6.47 Å². The van der Waals surface area contributed by atoms with E-state index < -0.39 is 29.3 Å². The molecule has 3 heterocycles. The highest BCUT2D eigenvalue weighted by Crippen LogP contribution is 2.39. The lowest BCUT2D eigenvalue weighted by Crippen LogP contribution is -2.69. The quantitative estimate of drug-likeness (QED) is 0.173. The number of aliphatic carboxylic acids is 1. The van der Waals surface area contributed by atoms with E-state index in [1.165, 1.54) is 11.8 Å². The van der Waals surface area contributed by atoms with Gasteiger partial charge < -0.3 is 26.1 Å². The van der Waals surface area contributed by atoms with Crippen molar-refractivity contribution in [3.63, 3.8) is 0 Å². The molecule has 1 aromatic heterocycles. The van der Waals surface area contributed by atoms with Gasteiger partial charge >= 0.3 is 6.03 Å². The molecule has 3 rings (SSSR count). The number of ether oxygens (including phenoxy) is 1. The zero-order valence-corrected chi connectivity index (χ0v) is 15.4. The van der Waals surface area contributed by atoms with Gasteiger partial charge in [0.15, 0.2) is 18.6 Å². The summed E-state index contributed by atoms with van der Waals surface area (Å²) in [7, 11) is 0. The number of primary amides is 1. The average Bonchev–Trinajstić information content (AvgIpc) is 3.01. The van der Waals surface area contributed by atoms with E-state index in [1.54, 1.807) is 21.6 Å². The minimum absolute atomic E-state index is 0.0221. The Morgan fingerprint density at radius 3 is 2.89 bits per heavy atom. The third-order valence-electron chi connectivity index (χ3n) is 4.37. The van der Waals surface area contributed by atoms with E-state index in [4.69, 9.17) is 16.2 Å². The summed E-state index contributed by atoms with van der Waals surface area (Å²) < 4.78 is 7.87. The van der Waals surface area contributed by atoms with Crippen LogP contribution in [-0.4, -0.2) is 57.7 Å². The first-order chi connectivity index (χ1) is 13.3. The molecular formula is C15H18N6O6S. The Bertz CT molecular complexity index is 867. The third-order valence-corrected chi connectivity index (χ3v) is 5.73. The molecule has 1 saturated heterocycles. The summed E-state index contributed by atoms with van der Waals surface area (Å²) in [6.07, 6.45) is 1.60. The van der Waals surface area contributed by atoms with E-state index in [2.05, 4.69) is 5.32 Å². The van der Waals surface area contributed by atoms with Gasteiger partial charge in [0.2, 0.25) is 5.91 Å². The Labute approximate surface area is 163 Å². The molecule has 0 radical (unpaired) electrons. The first-order valence-corrected chi connectivity index (χ1v) is 9.24. The van der Waals surface area contributed by atoms with Gasteiger partial charge in [-0.2, -0.15) is 0 Å². The smallest absolute Gasteiger partial charge is 0.317 e. The first kappa shape index (κ1) is 19.7. The van der Waals surface area contributed by atoms with Gasteiger partial charge in [-0.15, -0.1) is 21.1 Å². The van der Waals surface area contributed by atoms with Crippen molar-refractivity contribution in [1.29, 1.82) is 0 Å². The molecule has 2 aliphatic rings. The van der Waals surface area contributed by atoms with E-state index >= 15 is 0 Å². The summed E-state index contributed by atoms with van der Waals surface area (Å²) in [5.74, 6) is -1.25. The van der Waals surface area contributed by atoms with E-state index in [0.717, 1.165) is 4.90 Å². The second kappa shape index (κ2) is 7.90. The van der Waals surface area contributed by atoms with Crippen molar-refractivity contribution in [2.24, 2.45) is 11.5 Å². The van der Waals surface area contributed by atoms with Gasteiger partial charge in [-0.05, 0) is 0 Å². The number of nitrogens with one attached hydrogen (secondary N) is 1. The maximum absolute atomic E-state index is 12.0. The summed E-state index contributed by atoms with van der Waals surface area (Å²) in [5, 5.41) is 13.7. The molecule has 5 N–H and O–H groups in total. The lowest BCUT2D eigenvalue weighted by atomic mass is 10.0. The minimum atomic E-state index is -1.46. The van der Waals surface area contributed by atoms with Crippen LogP contribution in [0, 0.1) is 0 Å². The molecule has 2 aliphatic heterocycles. The average molecular weight is 410 g/mol. The fraction of sp³-hybridized carbons (Fsp3) is 0.400. The van der Waals surface area contributed by atoms with Crippen LogP contribution >= 0.6 is 11.8 Å². The zero-order chi connectivity index (χ0) is 20.4. The topological polar surface area (TPSA) is 177 Å². The van der Waals surface area contributed by atoms with Gasteiger partial charge in [-0.3, -0.25) is 19.8 Å². The van der Waals surface area contributed by atoms with Gasteiger partial charge in [0.05, 0.1) is 17.7 Å². The van der Waals surface area contributed by atoms with Gasteiger partial charge in [-0.1, -0.05) is 0 Å². The molecule has 2 atom stereocenters. The number of aromatic nitrogens is 2. The zero-order valence-electron chi connectivity index (χ0n) is 14.6. The van der Waals surface area contributed by atoms with Crippen LogP contribution in [0.25, 0.3) is 0 Å². The largest absolute Gasteiger partial charge is 0.543 e. The molecule has 0 aromatic carbocycles. The van der Waals surface area contributed by atoms with Crippen LogP contribution in [0.2, 0.25) is 0 Å². The first-order valence-electron chi connectivity index (χ1n) is 8.19. The van der Waals surface area contributed by atoms with Crippen molar-refractivity contribution in [2.45, 2.75) is 24.5 Å². The van der Waals surface area contributed by atoms with Crippen molar-refractivity contribution in [3.05, 3.63) is 23.5 Å². The SMILES string of the molecule is NC(=O)Nc1cc[n+](CC2=C(C(=O)[O-])N3C(=O)[C@@H](N)[C@H]3SC2)n1CCOC=O. The minimum Gasteiger partial charge on any atom is -0.543 e. The summed E-state index contributed by atoms with van der Waals surface area (Å²) in [6, 6.07) is 0.0481. The number of rotatable bonds is 8. The van der Waals surface area contributed by atoms with Crippen LogP contribution < -0.4 is 26.6 Å². The molecule has 28 heavy (non-hydrogen) atoms. The molecule has 12 nitrogen and oxygen atoms in total. The number of carboxylic acid groups (broad SMARTS) is 1. The monoisotopic (exact) mass is 410 g/mol. The predicted octanol–water partition coefficient (Wildman–Crippen LogP) is -3.31. The van der Waals surface area contributed by atoms with E-state index in [0.29, 0.717) is 23.6 Å². The fourth-order valence-corrected chi connectivity index (χ4v) is 4.44. The van der Waals surface area contributed by atoms with Crippen LogP contribution in [-0.2, 0) is 32.2 Å². The highest BCUT2D eigenvalue weighted by atomic mass is 32.2. The Morgan fingerprint density at radius 2 is 2.25 bits per heavy atom. The number of β-lactam (4-membered cyclic amide) rings is 1. The fourth-order valence-electron chi connectivity index (χ4n) is 3.15. The second-order valence-corrected chi connectivity index (χ2v) is 7.16. The number of hydrogen-bond acceptors (Lipinski definition) is 8. The number of anilines is 1. The van der Waals surface area contributed by atoms with Crippen LogP contribution in [0.5, 0.6) is 0 Å². The molecule has 0 saturated carbocycles. The Kier molecular flexibility index (Phi) is 5.56. The Hall–Kier alpha value is -3.06. The molecule has 1 fully saturated rings. The number of nitrogens with zero attached hydrogens (tertiary/aromatic N) is 3. The predicted molar refractivity (Wildman–Crippen MR) is 92.9 cm³/mol. The van der Waals surface area contributed by atoms with Gasteiger partial charge in [0, 0.05) is 11.3 Å². The number of amides is 3. The summed E-state index contributed by atoms with van der Waals surface area (Å²) in [5.41, 5.74) is 11.1. The number of nitrogens with two attached hydrogens (primary N) is 2. The van der Waals surface area contributed by atoms with Crippen molar-refractivity contribution in [1.82, 2.24) is 9.58 Å². The number of urea groups is 1. The number of fused-ring (bicyclic) bond motifs is 1. The van der Waals surface area contributed by atoms with Crippen molar-refractivity contribution < 1.29 is 33.7 Å². The highest BCUT2D eigenvalue weighted by molar-refractivity contribution is 8.00. The van der Waals surface area contributed by atoms with Gasteiger partial charge in [-0.25, -0.2) is 4.79 Å². The van der Waals surface area contributed by atoms with Crippen LogP contribution in [0.3, 0.4) is 0 Å². The number of carbonyl (C=O) groups is 4. The third kappa shape index (κ3) is 3.53. The summed E-state index contributed by atoms with van der Waals surface area (Å²) in [4.78, 5) is 46.4. The maximum Gasteiger partial charge on any atom is 0.317 e. The molecule has 1 aromatic rings. The lowest BCUT2D eigenvalue weighted by Gasteiger charge is -2.49. The molecule has 0 aliphatic carbocycles. The molecule has 0 bridgehead atoms. The van der Waals surface area contributed by atoms with Crippen LogP contribution in [0.15, 0.2) is 23.5 Å². The van der Waals surface area contributed by atoms with Crippen molar-refractivity contribution in [3.8, 4) is 0 Å². The number of carboxylic acids is 1. The van der Waals surface area contributed by atoms with E-state index in [-0.39, 0.29) is 25.4 Å². The lowest BCUT2D eigenvalue weighted by molar-refractivity contribution is -0.767. The molecule has 0 unspecified atom stereocenters. The Balaban J connectivity index is 1.91. The van der Waals surface area contributed by atoms with Crippen LogP contribution in [0.1, 0.15) is 0 Å². The summed E-state index contributed by atoms with van der Waals surface area (Å²) in [6.45, 7) is 0.596. The number of carbonyl (C=O) groups excluding carboxylic acids is 4. The molecule has 150 valence electrons.